The summed E-state index contributed by atoms with van der Waals surface area (Å²) in [6.45, 7) is 4.50. The van der Waals surface area contributed by atoms with Gasteiger partial charge in [-0.3, -0.25) is 9.59 Å². The number of hydrogen-bond acceptors (Lipinski definition) is 3. The minimum Gasteiger partial charge on any atom is -0.347 e. The molecule has 0 spiro atoms. The van der Waals surface area contributed by atoms with Crippen molar-refractivity contribution in [3.63, 3.8) is 0 Å². The van der Waals surface area contributed by atoms with Gasteiger partial charge in [0.25, 0.3) is 5.91 Å². The average Bonchev–Trinajstić information content (AvgIpc) is 2.40. The van der Waals surface area contributed by atoms with E-state index in [-0.39, 0.29) is 11.8 Å². The Kier molecular flexibility index (Phi) is 3.94. The van der Waals surface area contributed by atoms with Gasteiger partial charge in [0.15, 0.2) is 0 Å². The van der Waals surface area contributed by atoms with Crippen molar-refractivity contribution in [2.24, 2.45) is 5.10 Å². The standard InChI is InChI=1S/C14H17N3O2/c1-9-3-4-10(2)11(7-9)8-15-14(19)12-5-6-13(18)17-16-12/h3-4,7H,5-6,8H2,1-2H3,(H,15,19)(H,17,18). The molecule has 0 unspecified atom stereocenters. The van der Waals surface area contributed by atoms with Crippen LogP contribution in [0, 0.1) is 13.8 Å². The van der Waals surface area contributed by atoms with E-state index in [1.54, 1.807) is 0 Å². The van der Waals surface area contributed by atoms with E-state index >= 15 is 0 Å². The van der Waals surface area contributed by atoms with Crippen LogP contribution < -0.4 is 10.7 Å². The molecule has 100 valence electrons. The molecule has 0 saturated carbocycles. The van der Waals surface area contributed by atoms with E-state index in [1.165, 1.54) is 0 Å². The van der Waals surface area contributed by atoms with Gasteiger partial charge in [-0.1, -0.05) is 23.8 Å². The number of nitrogens with one attached hydrogen (secondary N) is 2. The summed E-state index contributed by atoms with van der Waals surface area (Å²) >= 11 is 0. The zero-order valence-electron chi connectivity index (χ0n) is 11.1. The Balaban J connectivity index is 1.97. The quantitative estimate of drug-likeness (QED) is 0.856. The molecule has 0 aromatic heterocycles. The number of carbonyl (C=O) groups is 2. The molecule has 0 bridgehead atoms. The molecule has 0 atom stereocenters. The van der Waals surface area contributed by atoms with Crippen LogP contribution in [-0.4, -0.2) is 17.5 Å². The number of carbonyl (C=O) groups excluding carboxylic acids is 2. The Labute approximate surface area is 112 Å². The van der Waals surface area contributed by atoms with Gasteiger partial charge in [-0.15, -0.1) is 0 Å². The molecule has 0 saturated heterocycles. The first-order valence-electron chi connectivity index (χ1n) is 6.26. The van der Waals surface area contributed by atoms with Gasteiger partial charge < -0.3 is 5.32 Å². The van der Waals surface area contributed by atoms with Gasteiger partial charge in [0.05, 0.1) is 0 Å². The molecule has 1 heterocycles. The highest BCUT2D eigenvalue weighted by atomic mass is 16.2. The normalized spacial score (nSPS) is 14.6. The predicted molar refractivity (Wildman–Crippen MR) is 72.6 cm³/mol. The Morgan fingerprint density at radius 2 is 2.16 bits per heavy atom. The SMILES string of the molecule is Cc1ccc(C)c(CNC(=O)C2=NNC(=O)CC2)c1. The van der Waals surface area contributed by atoms with E-state index < -0.39 is 0 Å². The van der Waals surface area contributed by atoms with Crippen molar-refractivity contribution in [3.05, 3.63) is 34.9 Å². The molecule has 2 N–H and O–H groups in total. The molecule has 19 heavy (non-hydrogen) atoms. The number of benzene rings is 1. The third-order valence-corrected chi connectivity index (χ3v) is 3.11. The first kappa shape index (κ1) is 13.3. The van der Waals surface area contributed by atoms with Crippen molar-refractivity contribution >= 4 is 17.5 Å². The van der Waals surface area contributed by atoms with E-state index in [0.29, 0.717) is 25.1 Å². The van der Waals surface area contributed by atoms with Crippen LogP contribution >= 0.6 is 0 Å². The summed E-state index contributed by atoms with van der Waals surface area (Å²) in [5.41, 5.74) is 6.10. The van der Waals surface area contributed by atoms with Gasteiger partial charge in [-0.2, -0.15) is 5.10 Å². The summed E-state index contributed by atoms with van der Waals surface area (Å²) in [6.07, 6.45) is 0.709. The molecule has 0 radical (unpaired) electrons. The predicted octanol–water partition coefficient (Wildman–Crippen LogP) is 1.19. The number of amides is 2. The zero-order chi connectivity index (χ0) is 13.8. The second kappa shape index (κ2) is 5.65. The minimum absolute atomic E-state index is 0.147. The van der Waals surface area contributed by atoms with Crippen LogP contribution in [0.15, 0.2) is 23.3 Å². The van der Waals surface area contributed by atoms with Crippen LogP contribution in [0.3, 0.4) is 0 Å². The molecule has 0 fully saturated rings. The average molecular weight is 259 g/mol. The monoisotopic (exact) mass is 259 g/mol. The smallest absolute Gasteiger partial charge is 0.267 e. The fraction of sp³-hybridized carbons (Fsp3) is 0.357. The van der Waals surface area contributed by atoms with Crippen LogP contribution in [0.4, 0.5) is 0 Å². The maximum atomic E-state index is 11.9. The molecule has 1 aromatic rings. The van der Waals surface area contributed by atoms with Crippen molar-refractivity contribution in [2.75, 3.05) is 0 Å². The van der Waals surface area contributed by atoms with Crippen LogP contribution in [0.5, 0.6) is 0 Å². The first-order valence-corrected chi connectivity index (χ1v) is 6.26. The zero-order valence-corrected chi connectivity index (χ0v) is 11.1. The van der Waals surface area contributed by atoms with E-state index in [1.807, 2.05) is 26.0 Å². The Bertz CT molecular complexity index is 550. The number of rotatable bonds is 3. The largest absolute Gasteiger partial charge is 0.347 e. The summed E-state index contributed by atoms with van der Waals surface area (Å²) in [7, 11) is 0. The number of nitrogens with zero attached hydrogens (tertiary/aromatic N) is 1. The van der Waals surface area contributed by atoms with Gasteiger partial charge in [-0.05, 0) is 25.0 Å². The van der Waals surface area contributed by atoms with Gasteiger partial charge in [0, 0.05) is 19.4 Å². The topological polar surface area (TPSA) is 70.6 Å². The van der Waals surface area contributed by atoms with Crippen molar-refractivity contribution in [2.45, 2.75) is 33.2 Å². The summed E-state index contributed by atoms with van der Waals surface area (Å²) in [6, 6.07) is 6.14. The molecule has 2 rings (SSSR count). The number of hydrazone groups is 1. The summed E-state index contributed by atoms with van der Waals surface area (Å²) < 4.78 is 0. The third kappa shape index (κ3) is 3.40. The maximum absolute atomic E-state index is 11.9. The highest BCUT2D eigenvalue weighted by molar-refractivity contribution is 6.39. The second-order valence-corrected chi connectivity index (χ2v) is 4.71. The minimum atomic E-state index is -0.221. The Morgan fingerprint density at radius 3 is 2.84 bits per heavy atom. The van der Waals surface area contributed by atoms with E-state index in [9.17, 15) is 9.59 Å². The van der Waals surface area contributed by atoms with Crippen molar-refractivity contribution in [1.29, 1.82) is 0 Å². The van der Waals surface area contributed by atoms with Crippen molar-refractivity contribution in [3.8, 4) is 0 Å². The fourth-order valence-electron chi connectivity index (χ4n) is 1.91. The summed E-state index contributed by atoms with van der Waals surface area (Å²) in [4.78, 5) is 22.8. The Morgan fingerprint density at radius 1 is 1.37 bits per heavy atom. The van der Waals surface area contributed by atoms with Crippen molar-refractivity contribution < 1.29 is 9.59 Å². The van der Waals surface area contributed by atoms with Crippen LogP contribution in [0.2, 0.25) is 0 Å². The lowest BCUT2D eigenvalue weighted by molar-refractivity contribution is -0.121. The fourth-order valence-corrected chi connectivity index (χ4v) is 1.91. The van der Waals surface area contributed by atoms with E-state index in [2.05, 4.69) is 21.9 Å². The first-order chi connectivity index (χ1) is 9.06. The summed E-state index contributed by atoms with van der Waals surface area (Å²) in [5, 5.41) is 6.60. The molecule has 5 nitrogen and oxygen atoms in total. The molecule has 2 amide bonds. The van der Waals surface area contributed by atoms with Crippen molar-refractivity contribution in [1.82, 2.24) is 10.7 Å². The summed E-state index contributed by atoms with van der Waals surface area (Å²) in [5.74, 6) is -0.369. The number of hydrogen-bond donors (Lipinski definition) is 2. The van der Waals surface area contributed by atoms with Gasteiger partial charge >= 0.3 is 0 Å². The lowest BCUT2D eigenvalue weighted by Crippen LogP contribution is -2.36. The molecule has 5 heteroatoms. The highest BCUT2D eigenvalue weighted by Crippen LogP contribution is 2.10. The maximum Gasteiger partial charge on any atom is 0.267 e. The second-order valence-electron chi connectivity index (χ2n) is 4.71. The van der Waals surface area contributed by atoms with E-state index in [4.69, 9.17) is 0 Å². The van der Waals surface area contributed by atoms with Crippen LogP contribution in [0.25, 0.3) is 0 Å². The van der Waals surface area contributed by atoms with E-state index in [0.717, 1.165) is 16.7 Å². The van der Waals surface area contributed by atoms with Gasteiger partial charge in [0.2, 0.25) is 5.91 Å². The number of aryl methyl sites for hydroxylation is 2. The van der Waals surface area contributed by atoms with Gasteiger partial charge in [0.1, 0.15) is 5.71 Å². The lowest BCUT2D eigenvalue weighted by atomic mass is 10.1. The van der Waals surface area contributed by atoms with Crippen LogP contribution in [-0.2, 0) is 16.1 Å². The third-order valence-electron chi connectivity index (χ3n) is 3.11. The van der Waals surface area contributed by atoms with Crippen LogP contribution in [0.1, 0.15) is 29.5 Å². The van der Waals surface area contributed by atoms with Gasteiger partial charge in [-0.25, -0.2) is 5.43 Å². The molecule has 1 aliphatic heterocycles. The lowest BCUT2D eigenvalue weighted by Gasteiger charge is -2.13. The Hall–Kier alpha value is -2.17. The highest BCUT2D eigenvalue weighted by Gasteiger charge is 2.17. The molecule has 1 aromatic carbocycles. The molecule has 0 aliphatic carbocycles. The molecular formula is C14H17N3O2. The molecule has 1 aliphatic rings. The molecular weight excluding hydrogens is 242 g/mol.